The number of rotatable bonds is 4. The van der Waals surface area contributed by atoms with E-state index >= 15 is 0 Å². The van der Waals surface area contributed by atoms with Crippen molar-refractivity contribution in [1.29, 1.82) is 0 Å². The summed E-state index contributed by atoms with van der Waals surface area (Å²) in [4.78, 5) is 0.834. The van der Waals surface area contributed by atoms with Crippen molar-refractivity contribution in [3.05, 3.63) is 41.1 Å². The molecule has 0 spiro atoms. The topological polar surface area (TPSA) is 64.7 Å². The van der Waals surface area contributed by atoms with Gasteiger partial charge >= 0.3 is 0 Å². The Labute approximate surface area is 124 Å². The van der Waals surface area contributed by atoms with Gasteiger partial charge in [-0.3, -0.25) is 0 Å². The Hall–Kier alpha value is -1.73. The summed E-state index contributed by atoms with van der Waals surface area (Å²) in [5.41, 5.74) is 3.35. The van der Waals surface area contributed by atoms with Gasteiger partial charge in [-0.2, -0.15) is 0 Å². The van der Waals surface area contributed by atoms with E-state index in [1.807, 2.05) is 19.1 Å². The van der Waals surface area contributed by atoms with Gasteiger partial charge in [0.15, 0.2) is 0 Å². The van der Waals surface area contributed by atoms with Crippen molar-refractivity contribution in [1.82, 2.24) is 19.8 Å². The maximum Gasteiger partial charge on any atom is 0.277 e. The molecule has 102 valence electrons. The lowest BCUT2D eigenvalue weighted by Gasteiger charge is -2.01. The van der Waals surface area contributed by atoms with Crippen LogP contribution in [0.3, 0.4) is 0 Å². The van der Waals surface area contributed by atoms with Gasteiger partial charge in [-0.05, 0) is 36.5 Å². The first-order valence-corrected chi connectivity index (χ1v) is 7.80. The zero-order valence-electron chi connectivity index (χ0n) is 11.0. The lowest BCUT2D eigenvalue weighted by Crippen LogP contribution is -1.85. The smallest absolute Gasteiger partial charge is 0.277 e. The molecule has 0 bridgehead atoms. The van der Waals surface area contributed by atoms with Crippen LogP contribution in [0.1, 0.15) is 16.8 Å². The Morgan fingerprint density at radius 2 is 2.00 bits per heavy atom. The largest absolute Gasteiger partial charge is 0.410 e. The second kappa shape index (κ2) is 5.72. The number of hydrogen-bond acceptors (Lipinski definition) is 7. The third kappa shape index (κ3) is 2.73. The van der Waals surface area contributed by atoms with Gasteiger partial charge in [0.1, 0.15) is 4.88 Å². The third-order valence-electron chi connectivity index (χ3n) is 2.86. The van der Waals surface area contributed by atoms with E-state index in [2.05, 4.69) is 38.8 Å². The highest BCUT2D eigenvalue weighted by Crippen LogP contribution is 2.29. The van der Waals surface area contributed by atoms with Crippen LogP contribution in [-0.2, 0) is 5.75 Å². The van der Waals surface area contributed by atoms with E-state index in [1.165, 1.54) is 34.4 Å². The van der Waals surface area contributed by atoms with Crippen molar-refractivity contribution in [2.24, 2.45) is 0 Å². The van der Waals surface area contributed by atoms with Crippen LogP contribution in [0.4, 0.5) is 0 Å². The predicted octanol–water partition coefficient (Wildman–Crippen LogP) is 3.50. The van der Waals surface area contributed by atoms with Gasteiger partial charge < -0.3 is 4.42 Å². The molecule has 0 amide bonds. The van der Waals surface area contributed by atoms with Crippen LogP contribution < -0.4 is 0 Å². The average Bonchev–Trinajstić information content (AvgIpc) is 3.06. The molecular formula is C13H12N4OS2. The highest BCUT2D eigenvalue weighted by molar-refractivity contribution is 7.98. The summed E-state index contributed by atoms with van der Waals surface area (Å²) in [7, 11) is 0. The zero-order chi connectivity index (χ0) is 13.9. The fraction of sp³-hybridized carbons (Fsp3) is 0.231. The fourth-order valence-corrected chi connectivity index (χ4v) is 3.12. The summed E-state index contributed by atoms with van der Waals surface area (Å²) < 4.78 is 9.51. The molecule has 3 aromatic rings. The summed E-state index contributed by atoms with van der Waals surface area (Å²) in [6, 6.07) is 8.28. The molecule has 3 rings (SSSR count). The molecule has 20 heavy (non-hydrogen) atoms. The minimum atomic E-state index is 0.491. The lowest BCUT2D eigenvalue weighted by molar-refractivity contribution is 0.466. The van der Waals surface area contributed by atoms with Crippen LogP contribution in [-0.4, -0.2) is 19.8 Å². The third-order valence-corrected chi connectivity index (χ3v) is 4.55. The van der Waals surface area contributed by atoms with Gasteiger partial charge in [0.25, 0.3) is 11.1 Å². The van der Waals surface area contributed by atoms with Crippen LogP contribution in [0.5, 0.6) is 0 Å². The van der Waals surface area contributed by atoms with E-state index < -0.39 is 0 Å². The molecule has 2 heterocycles. The first-order valence-electron chi connectivity index (χ1n) is 6.04. The normalized spacial score (nSPS) is 10.9. The molecule has 7 heteroatoms. The van der Waals surface area contributed by atoms with Crippen LogP contribution >= 0.6 is 23.3 Å². The summed E-state index contributed by atoms with van der Waals surface area (Å²) >= 11 is 2.80. The highest BCUT2D eigenvalue weighted by atomic mass is 32.2. The highest BCUT2D eigenvalue weighted by Gasteiger charge is 2.14. The van der Waals surface area contributed by atoms with Gasteiger partial charge in [-0.1, -0.05) is 40.5 Å². The van der Waals surface area contributed by atoms with Crippen molar-refractivity contribution in [3.8, 4) is 10.8 Å². The van der Waals surface area contributed by atoms with E-state index in [1.54, 1.807) is 0 Å². The lowest BCUT2D eigenvalue weighted by atomic mass is 10.1. The fourth-order valence-electron chi connectivity index (χ4n) is 1.70. The molecule has 0 unspecified atom stereocenters. The van der Waals surface area contributed by atoms with Crippen LogP contribution in [0.15, 0.2) is 33.9 Å². The van der Waals surface area contributed by atoms with E-state index in [0.717, 1.165) is 16.3 Å². The van der Waals surface area contributed by atoms with E-state index in [4.69, 9.17) is 4.42 Å². The number of benzene rings is 1. The molecule has 2 aromatic heterocycles. The number of thioether (sulfide) groups is 1. The molecule has 0 aliphatic rings. The SMILES string of the molecule is Cc1ccccc1CSc1nnc(-c2snnc2C)o1. The number of nitrogens with zero attached hydrogens (tertiary/aromatic N) is 4. The molecule has 1 aromatic carbocycles. The zero-order valence-corrected chi connectivity index (χ0v) is 12.7. The first-order chi connectivity index (χ1) is 9.74. The average molecular weight is 304 g/mol. The van der Waals surface area contributed by atoms with Crippen LogP contribution in [0.25, 0.3) is 10.8 Å². The summed E-state index contributed by atoms with van der Waals surface area (Å²) in [5, 5.41) is 12.6. The summed E-state index contributed by atoms with van der Waals surface area (Å²) in [5.74, 6) is 1.30. The van der Waals surface area contributed by atoms with Gasteiger partial charge in [0.05, 0.1) is 5.69 Å². The van der Waals surface area contributed by atoms with Gasteiger partial charge in [-0.25, -0.2) is 0 Å². The van der Waals surface area contributed by atoms with Crippen molar-refractivity contribution < 1.29 is 4.42 Å². The molecule has 0 aliphatic carbocycles. The standard InChI is InChI=1S/C13H12N4OS2/c1-8-5-3-4-6-10(8)7-19-13-16-15-12(18-13)11-9(2)14-17-20-11/h3-6H,7H2,1-2H3. The monoisotopic (exact) mass is 304 g/mol. The van der Waals surface area contributed by atoms with Gasteiger partial charge in [0.2, 0.25) is 0 Å². The molecule has 0 N–H and O–H groups in total. The van der Waals surface area contributed by atoms with Gasteiger partial charge in [-0.15, -0.1) is 15.3 Å². The Kier molecular flexibility index (Phi) is 3.79. The molecule has 0 saturated carbocycles. The molecule has 5 nitrogen and oxygen atoms in total. The molecule has 0 fully saturated rings. The van der Waals surface area contributed by atoms with Crippen molar-refractivity contribution in [2.45, 2.75) is 24.8 Å². The van der Waals surface area contributed by atoms with E-state index in [-0.39, 0.29) is 0 Å². The molecule has 0 saturated heterocycles. The minimum absolute atomic E-state index is 0.491. The Balaban J connectivity index is 1.72. The minimum Gasteiger partial charge on any atom is -0.410 e. The van der Waals surface area contributed by atoms with Crippen LogP contribution in [0, 0.1) is 13.8 Å². The first kappa shape index (κ1) is 13.3. The molecule has 0 radical (unpaired) electrons. The van der Waals surface area contributed by atoms with Crippen molar-refractivity contribution >= 4 is 23.3 Å². The maximum atomic E-state index is 5.64. The van der Waals surface area contributed by atoms with E-state index in [0.29, 0.717) is 11.1 Å². The molecule has 0 atom stereocenters. The second-order valence-electron chi connectivity index (χ2n) is 4.28. The molecular weight excluding hydrogens is 292 g/mol. The van der Waals surface area contributed by atoms with Crippen molar-refractivity contribution in [2.75, 3.05) is 0 Å². The maximum absolute atomic E-state index is 5.64. The quantitative estimate of drug-likeness (QED) is 0.687. The van der Waals surface area contributed by atoms with E-state index in [9.17, 15) is 0 Å². The second-order valence-corrected chi connectivity index (χ2v) is 5.96. The number of aromatic nitrogens is 4. The Bertz CT molecular complexity index is 722. The van der Waals surface area contributed by atoms with Crippen LogP contribution in [0.2, 0.25) is 0 Å². The predicted molar refractivity (Wildman–Crippen MR) is 78.7 cm³/mol. The number of aryl methyl sites for hydroxylation is 2. The van der Waals surface area contributed by atoms with Gasteiger partial charge in [0, 0.05) is 5.75 Å². The molecule has 0 aliphatic heterocycles. The van der Waals surface area contributed by atoms with Crippen molar-refractivity contribution in [3.63, 3.8) is 0 Å². The summed E-state index contributed by atoms with van der Waals surface area (Å²) in [6.07, 6.45) is 0. The number of hydrogen-bond donors (Lipinski definition) is 0. The Morgan fingerprint density at radius 3 is 2.75 bits per heavy atom. The summed E-state index contributed by atoms with van der Waals surface area (Å²) in [6.45, 7) is 3.98. The Morgan fingerprint density at radius 1 is 1.15 bits per heavy atom.